The number of hydrogen-bond acceptors (Lipinski definition) is 4. The van der Waals surface area contributed by atoms with Gasteiger partial charge in [-0.15, -0.1) is 0 Å². The number of halogens is 2. The van der Waals surface area contributed by atoms with Gasteiger partial charge >= 0.3 is 5.97 Å². The minimum absolute atomic E-state index is 0.296. The Balaban J connectivity index is 1.79. The van der Waals surface area contributed by atoms with E-state index in [9.17, 15) is 9.59 Å². The predicted molar refractivity (Wildman–Crippen MR) is 111 cm³/mol. The van der Waals surface area contributed by atoms with E-state index in [1.807, 2.05) is 31.2 Å². The summed E-state index contributed by atoms with van der Waals surface area (Å²) >= 11 is 11.9. The van der Waals surface area contributed by atoms with Gasteiger partial charge in [-0.05, 0) is 50.6 Å². The molecule has 1 heterocycles. The first-order valence-corrected chi connectivity index (χ1v) is 9.36. The predicted octanol–water partition coefficient (Wildman–Crippen LogP) is 5.34. The molecule has 28 heavy (non-hydrogen) atoms. The van der Waals surface area contributed by atoms with E-state index in [1.165, 1.54) is 13.0 Å². The molecule has 1 amide bonds. The van der Waals surface area contributed by atoms with Gasteiger partial charge in [-0.3, -0.25) is 9.78 Å². The SMILES string of the molecule is Cc1nc2ccccc2c(C)c1C(=O)O[C@H](C)C(=O)Nc1ccc(Cl)cc1Cl. The zero-order chi connectivity index (χ0) is 20.4. The van der Waals surface area contributed by atoms with E-state index in [1.54, 1.807) is 19.1 Å². The lowest BCUT2D eigenvalue weighted by Crippen LogP contribution is -2.30. The highest BCUT2D eigenvalue weighted by Gasteiger charge is 2.23. The van der Waals surface area contributed by atoms with Crippen LogP contribution in [-0.4, -0.2) is 23.0 Å². The number of amides is 1. The van der Waals surface area contributed by atoms with Crippen LogP contribution in [0.1, 0.15) is 28.5 Å². The van der Waals surface area contributed by atoms with Crippen LogP contribution in [-0.2, 0) is 9.53 Å². The third-order valence-electron chi connectivity index (χ3n) is 4.38. The van der Waals surface area contributed by atoms with Gasteiger partial charge in [0.15, 0.2) is 6.10 Å². The maximum Gasteiger partial charge on any atom is 0.341 e. The van der Waals surface area contributed by atoms with Gasteiger partial charge in [0.05, 0.1) is 27.5 Å². The van der Waals surface area contributed by atoms with Gasteiger partial charge in [0.2, 0.25) is 0 Å². The van der Waals surface area contributed by atoms with Crippen molar-refractivity contribution in [1.82, 2.24) is 4.98 Å². The summed E-state index contributed by atoms with van der Waals surface area (Å²) in [7, 11) is 0. The van der Waals surface area contributed by atoms with Crippen LogP contribution in [0, 0.1) is 13.8 Å². The van der Waals surface area contributed by atoms with Crippen molar-refractivity contribution in [2.75, 3.05) is 5.32 Å². The van der Waals surface area contributed by atoms with E-state index in [0.717, 1.165) is 16.5 Å². The summed E-state index contributed by atoms with van der Waals surface area (Å²) in [6.45, 7) is 5.08. The smallest absolute Gasteiger partial charge is 0.341 e. The van der Waals surface area contributed by atoms with Crippen LogP contribution >= 0.6 is 23.2 Å². The van der Waals surface area contributed by atoms with Crippen LogP contribution in [0.3, 0.4) is 0 Å². The molecule has 1 atom stereocenters. The molecule has 5 nitrogen and oxygen atoms in total. The Labute approximate surface area is 172 Å². The highest BCUT2D eigenvalue weighted by molar-refractivity contribution is 6.36. The molecule has 7 heteroatoms. The van der Waals surface area contributed by atoms with Crippen molar-refractivity contribution in [2.45, 2.75) is 26.9 Å². The van der Waals surface area contributed by atoms with E-state index in [-0.39, 0.29) is 0 Å². The molecule has 1 N–H and O–H groups in total. The Morgan fingerprint density at radius 1 is 1.11 bits per heavy atom. The number of nitrogens with zero attached hydrogens (tertiary/aromatic N) is 1. The van der Waals surface area contributed by atoms with Gasteiger partial charge in [-0.2, -0.15) is 0 Å². The first-order chi connectivity index (χ1) is 13.3. The molecule has 0 unspecified atom stereocenters. The third-order valence-corrected chi connectivity index (χ3v) is 4.93. The number of nitrogens with one attached hydrogen (secondary N) is 1. The number of hydrogen-bond donors (Lipinski definition) is 1. The number of carbonyl (C=O) groups is 2. The molecule has 3 aromatic rings. The zero-order valence-electron chi connectivity index (χ0n) is 15.5. The number of benzene rings is 2. The van der Waals surface area contributed by atoms with Crippen molar-refractivity contribution in [3.63, 3.8) is 0 Å². The minimum atomic E-state index is -1.02. The average Bonchev–Trinajstić information content (AvgIpc) is 2.63. The molecule has 0 radical (unpaired) electrons. The molecule has 0 aliphatic rings. The highest BCUT2D eigenvalue weighted by atomic mass is 35.5. The van der Waals surface area contributed by atoms with Crippen LogP contribution in [0.4, 0.5) is 5.69 Å². The lowest BCUT2D eigenvalue weighted by atomic mass is 10.0. The summed E-state index contributed by atoms with van der Waals surface area (Å²) < 4.78 is 5.38. The number of carbonyl (C=O) groups excluding carboxylic acids is 2. The van der Waals surface area contributed by atoms with Crippen LogP contribution < -0.4 is 5.32 Å². The summed E-state index contributed by atoms with van der Waals surface area (Å²) in [6, 6.07) is 12.3. The Kier molecular flexibility index (Phi) is 5.87. The molecule has 0 spiro atoms. The van der Waals surface area contributed by atoms with Crippen LogP contribution in [0.2, 0.25) is 10.0 Å². The van der Waals surface area contributed by atoms with Crippen molar-refractivity contribution in [3.05, 3.63) is 69.3 Å². The summed E-state index contributed by atoms with van der Waals surface area (Å²) in [5.41, 5.74) is 2.87. The molecule has 0 saturated heterocycles. The molecule has 0 aliphatic carbocycles. The fraction of sp³-hybridized carbons (Fsp3) is 0.190. The molecule has 3 rings (SSSR count). The number of aryl methyl sites for hydroxylation is 2. The van der Waals surface area contributed by atoms with Crippen molar-refractivity contribution >= 4 is 51.7 Å². The molecule has 0 aliphatic heterocycles. The lowest BCUT2D eigenvalue weighted by Gasteiger charge is -2.16. The van der Waals surface area contributed by atoms with Gasteiger partial charge in [0.1, 0.15) is 0 Å². The summed E-state index contributed by atoms with van der Waals surface area (Å²) in [5.74, 6) is -1.10. The molecule has 0 saturated carbocycles. The summed E-state index contributed by atoms with van der Waals surface area (Å²) in [6.07, 6.45) is -1.02. The van der Waals surface area contributed by atoms with Crippen molar-refractivity contribution in [1.29, 1.82) is 0 Å². The Bertz CT molecular complexity index is 1080. The summed E-state index contributed by atoms with van der Waals surface area (Å²) in [5, 5.41) is 4.25. The van der Waals surface area contributed by atoms with E-state index < -0.39 is 18.0 Å². The van der Waals surface area contributed by atoms with Crippen molar-refractivity contribution < 1.29 is 14.3 Å². The van der Waals surface area contributed by atoms with Crippen LogP contribution in [0.25, 0.3) is 10.9 Å². The van der Waals surface area contributed by atoms with E-state index in [2.05, 4.69) is 10.3 Å². The molecule has 1 aromatic heterocycles. The van der Waals surface area contributed by atoms with Gasteiger partial charge < -0.3 is 10.1 Å². The second-order valence-corrected chi connectivity index (χ2v) is 7.22. The van der Waals surface area contributed by atoms with Gasteiger partial charge in [-0.25, -0.2) is 4.79 Å². The minimum Gasteiger partial charge on any atom is -0.449 e. The maximum absolute atomic E-state index is 12.7. The number of para-hydroxylation sites is 1. The zero-order valence-corrected chi connectivity index (χ0v) is 17.1. The average molecular weight is 417 g/mol. The largest absolute Gasteiger partial charge is 0.449 e. The topological polar surface area (TPSA) is 68.3 Å². The number of esters is 1. The number of pyridine rings is 1. The first kappa shape index (κ1) is 20.1. The molecular weight excluding hydrogens is 399 g/mol. The normalized spacial score (nSPS) is 11.9. The van der Waals surface area contributed by atoms with Crippen LogP contribution in [0.15, 0.2) is 42.5 Å². The van der Waals surface area contributed by atoms with E-state index in [4.69, 9.17) is 27.9 Å². The lowest BCUT2D eigenvalue weighted by molar-refractivity contribution is -0.123. The first-order valence-electron chi connectivity index (χ1n) is 8.60. The van der Waals surface area contributed by atoms with Gasteiger partial charge in [0, 0.05) is 10.4 Å². The fourth-order valence-electron chi connectivity index (χ4n) is 2.93. The summed E-state index contributed by atoms with van der Waals surface area (Å²) in [4.78, 5) is 29.6. The number of ether oxygens (including phenoxy) is 1. The fourth-order valence-corrected chi connectivity index (χ4v) is 3.39. The van der Waals surface area contributed by atoms with E-state index >= 15 is 0 Å². The van der Waals surface area contributed by atoms with Crippen molar-refractivity contribution in [2.24, 2.45) is 0 Å². The molecule has 2 aromatic carbocycles. The standard InChI is InChI=1S/C21H18Cl2N2O3/c1-11-15-6-4-5-7-17(15)24-12(2)19(11)21(27)28-13(3)20(26)25-18-9-8-14(22)10-16(18)23/h4-10,13H,1-3H3,(H,25,26)/t13-/m1/s1. The number of rotatable bonds is 4. The number of anilines is 1. The monoisotopic (exact) mass is 416 g/mol. The highest BCUT2D eigenvalue weighted by Crippen LogP contribution is 2.26. The quantitative estimate of drug-likeness (QED) is 0.582. The van der Waals surface area contributed by atoms with E-state index in [0.29, 0.717) is 27.0 Å². The number of aromatic nitrogens is 1. The van der Waals surface area contributed by atoms with Crippen LogP contribution in [0.5, 0.6) is 0 Å². The Morgan fingerprint density at radius 2 is 1.82 bits per heavy atom. The van der Waals surface area contributed by atoms with Crippen molar-refractivity contribution in [3.8, 4) is 0 Å². The van der Waals surface area contributed by atoms with Gasteiger partial charge in [0.25, 0.3) is 5.91 Å². The molecular formula is C21H18Cl2N2O3. The number of fused-ring (bicyclic) bond motifs is 1. The van der Waals surface area contributed by atoms with Gasteiger partial charge in [-0.1, -0.05) is 41.4 Å². The second-order valence-electron chi connectivity index (χ2n) is 6.38. The second kappa shape index (κ2) is 8.17. The Hall–Kier alpha value is -2.63. The molecule has 144 valence electrons. The molecule has 0 bridgehead atoms. The molecule has 0 fully saturated rings. The third kappa shape index (κ3) is 4.11. The maximum atomic E-state index is 12.7. The Morgan fingerprint density at radius 3 is 2.54 bits per heavy atom.